The smallest absolute Gasteiger partial charge is 0.158 e. The molecule has 0 aromatic rings. The molecule has 0 saturated carbocycles. The second kappa shape index (κ2) is 3.32. The van der Waals surface area contributed by atoms with Crippen molar-refractivity contribution in [1.29, 1.82) is 0 Å². The average Bonchev–Trinajstić information content (AvgIpc) is 2.18. The van der Waals surface area contributed by atoms with Crippen LogP contribution in [0.1, 0.15) is 26.2 Å². The van der Waals surface area contributed by atoms with Crippen molar-refractivity contribution in [2.24, 2.45) is 0 Å². The van der Waals surface area contributed by atoms with Gasteiger partial charge >= 0.3 is 0 Å². The van der Waals surface area contributed by atoms with Crippen LogP contribution in [0.3, 0.4) is 0 Å². The zero-order valence-electron chi connectivity index (χ0n) is 5.63. The van der Waals surface area contributed by atoms with Crippen molar-refractivity contribution in [2.45, 2.75) is 31.4 Å². The molecular weight excluding hydrogens is 136 g/mol. The molecule has 0 bridgehead atoms. The molecule has 1 rings (SSSR count). The Balaban J connectivity index is 2.31. The molecule has 0 N–H and O–H groups in total. The zero-order chi connectivity index (χ0) is 6.69. The largest absolute Gasteiger partial charge is 0.290 e. The minimum Gasteiger partial charge on any atom is -0.290 e. The van der Waals surface area contributed by atoms with Crippen LogP contribution in [-0.4, -0.2) is 16.1 Å². The van der Waals surface area contributed by atoms with Crippen LogP contribution in [0.25, 0.3) is 0 Å². The Hall–Kier alpha value is 0.110. The topological polar surface area (TPSA) is 26.3 Å². The van der Waals surface area contributed by atoms with Gasteiger partial charge in [0.1, 0.15) is 0 Å². The summed E-state index contributed by atoms with van der Waals surface area (Å²) in [7, 11) is 0. The average molecular weight is 148 g/mol. The summed E-state index contributed by atoms with van der Waals surface area (Å²) in [6.07, 6.45) is 3.15. The molecule has 1 heterocycles. The van der Waals surface area contributed by atoms with Gasteiger partial charge in [0.25, 0.3) is 0 Å². The second-order valence-electron chi connectivity index (χ2n) is 2.28. The molecule has 1 unspecified atom stereocenters. The highest BCUT2D eigenvalue weighted by molar-refractivity contribution is 7.81. The van der Waals surface area contributed by atoms with Crippen molar-refractivity contribution < 1.29 is 8.39 Å². The van der Waals surface area contributed by atoms with E-state index in [0.717, 1.165) is 19.3 Å². The molecule has 54 valence electrons. The van der Waals surface area contributed by atoms with Crippen LogP contribution < -0.4 is 0 Å². The van der Waals surface area contributed by atoms with Gasteiger partial charge in [-0.05, 0) is 12.8 Å². The molecular formula is C6H12O2S. The van der Waals surface area contributed by atoms with E-state index in [9.17, 15) is 4.21 Å². The lowest BCUT2D eigenvalue weighted by Crippen LogP contribution is -2.06. The Morgan fingerprint density at radius 3 is 3.00 bits per heavy atom. The van der Waals surface area contributed by atoms with Crippen molar-refractivity contribution >= 4 is 11.1 Å². The summed E-state index contributed by atoms with van der Waals surface area (Å²) in [5, 5.41) is 0.329. The fraction of sp³-hybridized carbons (Fsp3) is 1.00. The fourth-order valence-corrected chi connectivity index (χ4v) is 2.19. The SMILES string of the molecule is CCC[C@@H]1CCOS1=O. The maximum atomic E-state index is 10.9. The summed E-state index contributed by atoms with van der Waals surface area (Å²) in [4.78, 5) is 0. The molecule has 1 aliphatic rings. The van der Waals surface area contributed by atoms with Gasteiger partial charge in [0.15, 0.2) is 11.1 Å². The minimum atomic E-state index is -0.961. The second-order valence-corrected chi connectivity index (χ2v) is 3.71. The third-order valence-corrected chi connectivity index (χ3v) is 2.94. The zero-order valence-corrected chi connectivity index (χ0v) is 6.45. The van der Waals surface area contributed by atoms with Gasteiger partial charge in [-0.2, -0.15) is 0 Å². The van der Waals surface area contributed by atoms with E-state index in [1.807, 2.05) is 0 Å². The molecule has 0 radical (unpaired) electrons. The molecule has 3 heteroatoms. The molecule has 1 fully saturated rings. The van der Waals surface area contributed by atoms with E-state index in [1.54, 1.807) is 0 Å². The summed E-state index contributed by atoms with van der Waals surface area (Å²) in [5.41, 5.74) is 0. The van der Waals surface area contributed by atoms with Crippen LogP contribution in [-0.2, 0) is 15.3 Å². The highest BCUT2D eigenvalue weighted by Gasteiger charge is 2.22. The van der Waals surface area contributed by atoms with Crippen LogP contribution in [0.4, 0.5) is 0 Å². The van der Waals surface area contributed by atoms with E-state index >= 15 is 0 Å². The molecule has 1 aliphatic heterocycles. The lowest BCUT2D eigenvalue weighted by Gasteiger charge is -2.00. The van der Waals surface area contributed by atoms with Crippen LogP contribution in [0.2, 0.25) is 0 Å². The Labute approximate surface area is 58.3 Å². The van der Waals surface area contributed by atoms with Gasteiger partial charge in [-0.3, -0.25) is 4.18 Å². The summed E-state index contributed by atoms with van der Waals surface area (Å²) in [5.74, 6) is 0. The van der Waals surface area contributed by atoms with Crippen molar-refractivity contribution in [2.75, 3.05) is 6.61 Å². The highest BCUT2D eigenvalue weighted by Crippen LogP contribution is 2.17. The maximum Gasteiger partial charge on any atom is 0.158 e. The van der Waals surface area contributed by atoms with Crippen LogP contribution in [0.5, 0.6) is 0 Å². The van der Waals surface area contributed by atoms with Crippen LogP contribution in [0.15, 0.2) is 0 Å². The minimum absolute atomic E-state index is 0.329. The van der Waals surface area contributed by atoms with Crippen molar-refractivity contribution in [3.8, 4) is 0 Å². The number of rotatable bonds is 2. The Bertz CT molecular complexity index is 114. The van der Waals surface area contributed by atoms with Crippen LogP contribution in [0, 0.1) is 0 Å². The third kappa shape index (κ3) is 1.76. The lowest BCUT2D eigenvalue weighted by atomic mass is 10.2. The molecule has 0 aliphatic carbocycles. The van der Waals surface area contributed by atoms with E-state index < -0.39 is 11.1 Å². The highest BCUT2D eigenvalue weighted by atomic mass is 32.2. The lowest BCUT2D eigenvalue weighted by molar-refractivity contribution is 0.380. The number of hydrogen-bond acceptors (Lipinski definition) is 2. The van der Waals surface area contributed by atoms with E-state index in [0.29, 0.717) is 11.9 Å². The summed E-state index contributed by atoms with van der Waals surface area (Å²) in [6.45, 7) is 2.80. The predicted octanol–water partition coefficient (Wildman–Crippen LogP) is 1.24. The van der Waals surface area contributed by atoms with Gasteiger partial charge in [-0.15, -0.1) is 0 Å². The van der Waals surface area contributed by atoms with Crippen molar-refractivity contribution in [3.63, 3.8) is 0 Å². The first-order valence-corrected chi connectivity index (χ1v) is 4.52. The quantitative estimate of drug-likeness (QED) is 0.589. The molecule has 0 aromatic heterocycles. The molecule has 2 atom stereocenters. The van der Waals surface area contributed by atoms with E-state index in [1.165, 1.54) is 0 Å². The van der Waals surface area contributed by atoms with Crippen LogP contribution >= 0.6 is 0 Å². The Morgan fingerprint density at radius 2 is 2.56 bits per heavy atom. The summed E-state index contributed by atoms with van der Waals surface area (Å²) in [6, 6.07) is 0. The maximum absolute atomic E-state index is 10.9. The molecule has 0 spiro atoms. The number of hydrogen-bond donors (Lipinski definition) is 0. The normalized spacial score (nSPS) is 35.2. The summed E-state index contributed by atoms with van der Waals surface area (Å²) < 4.78 is 15.7. The molecule has 0 amide bonds. The third-order valence-electron chi connectivity index (χ3n) is 1.52. The van der Waals surface area contributed by atoms with Gasteiger partial charge in [-0.25, -0.2) is 4.21 Å². The van der Waals surface area contributed by atoms with E-state index in [-0.39, 0.29) is 0 Å². The molecule has 2 nitrogen and oxygen atoms in total. The van der Waals surface area contributed by atoms with Crippen molar-refractivity contribution in [1.82, 2.24) is 0 Å². The first kappa shape index (κ1) is 7.22. The summed E-state index contributed by atoms with van der Waals surface area (Å²) >= 11 is -0.961. The Morgan fingerprint density at radius 1 is 1.78 bits per heavy atom. The molecule has 1 saturated heterocycles. The van der Waals surface area contributed by atoms with Gasteiger partial charge in [0, 0.05) is 0 Å². The predicted molar refractivity (Wildman–Crippen MR) is 37.4 cm³/mol. The first-order valence-electron chi connectivity index (χ1n) is 3.38. The van der Waals surface area contributed by atoms with E-state index in [4.69, 9.17) is 4.18 Å². The van der Waals surface area contributed by atoms with Gasteiger partial charge < -0.3 is 0 Å². The molecule has 0 aromatic carbocycles. The van der Waals surface area contributed by atoms with E-state index in [2.05, 4.69) is 6.92 Å². The van der Waals surface area contributed by atoms with Gasteiger partial charge in [0.05, 0.1) is 11.9 Å². The molecule has 9 heavy (non-hydrogen) atoms. The standard InChI is InChI=1S/C6H12O2S/c1-2-3-6-4-5-8-9(6)7/h6H,2-5H2,1H3/t6-,9?/m1/s1. The first-order chi connectivity index (χ1) is 4.34. The monoisotopic (exact) mass is 148 g/mol. The van der Waals surface area contributed by atoms with Gasteiger partial charge in [-0.1, -0.05) is 13.3 Å². The van der Waals surface area contributed by atoms with Gasteiger partial charge in [0.2, 0.25) is 0 Å². The fourth-order valence-electron chi connectivity index (χ4n) is 1.02. The van der Waals surface area contributed by atoms with Crippen molar-refractivity contribution in [3.05, 3.63) is 0 Å². The Kier molecular flexibility index (Phi) is 2.66.